The van der Waals surface area contributed by atoms with E-state index in [9.17, 15) is 13.2 Å². The van der Waals surface area contributed by atoms with Gasteiger partial charge in [0.15, 0.2) is 0 Å². The molecule has 3 aromatic rings. The Morgan fingerprint density at radius 1 is 1.09 bits per heavy atom. The van der Waals surface area contributed by atoms with Crippen molar-refractivity contribution >= 4 is 21.6 Å². The molecule has 4 rings (SSSR count). The van der Waals surface area contributed by atoms with Crippen molar-refractivity contribution in [3.05, 3.63) is 72.3 Å². The van der Waals surface area contributed by atoms with Gasteiger partial charge in [0.05, 0.1) is 13.4 Å². The Hall–Kier alpha value is -3.17. The predicted molar refractivity (Wildman–Crippen MR) is 126 cm³/mol. The first-order valence-electron chi connectivity index (χ1n) is 11.0. The zero-order valence-corrected chi connectivity index (χ0v) is 19.4. The number of carbonyl (C=O) groups is 1. The van der Waals surface area contributed by atoms with E-state index in [1.165, 1.54) is 23.5 Å². The van der Waals surface area contributed by atoms with Crippen LogP contribution in [0.2, 0.25) is 0 Å². The van der Waals surface area contributed by atoms with Crippen LogP contribution in [0.4, 0.5) is 5.69 Å². The predicted octanol–water partition coefficient (Wildman–Crippen LogP) is 3.76. The first-order valence-corrected chi connectivity index (χ1v) is 12.5. The zero-order valence-electron chi connectivity index (χ0n) is 18.6. The van der Waals surface area contributed by atoms with Gasteiger partial charge in [-0.15, -0.1) is 0 Å². The van der Waals surface area contributed by atoms with Crippen molar-refractivity contribution in [3.63, 3.8) is 0 Å². The number of hydrogen-bond acceptors (Lipinski definition) is 5. The molecule has 0 unspecified atom stereocenters. The number of aromatic nitrogens is 2. The molecule has 8 nitrogen and oxygen atoms in total. The number of anilines is 1. The van der Waals surface area contributed by atoms with Gasteiger partial charge in [0.2, 0.25) is 10.0 Å². The summed E-state index contributed by atoms with van der Waals surface area (Å²) in [7, 11) is -2.34. The number of imidazole rings is 1. The summed E-state index contributed by atoms with van der Waals surface area (Å²) in [5.41, 5.74) is 1.89. The lowest BCUT2D eigenvalue weighted by Gasteiger charge is -2.21. The van der Waals surface area contributed by atoms with Gasteiger partial charge in [0.1, 0.15) is 10.6 Å². The van der Waals surface area contributed by atoms with Crippen molar-refractivity contribution in [3.8, 4) is 5.75 Å². The minimum Gasteiger partial charge on any atom is -0.495 e. The van der Waals surface area contributed by atoms with E-state index < -0.39 is 10.0 Å². The quantitative estimate of drug-likeness (QED) is 0.570. The van der Waals surface area contributed by atoms with Crippen molar-refractivity contribution in [1.29, 1.82) is 0 Å². The Morgan fingerprint density at radius 2 is 1.88 bits per heavy atom. The molecule has 0 atom stereocenters. The summed E-state index contributed by atoms with van der Waals surface area (Å²) in [6.45, 7) is 1.59. The van der Waals surface area contributed by atoms with Crippen LogP contribution in [0.5, 0.6) is 5.75 Å². The molecule has 1 saturated heterocycles. The summed E-state index contributed by atoms with van der Waals surface area (Å²) in [5.74, 6) is -0.150. The molecule has 1 aliphatic heterocycles. The topological polar surface area (TPSA) is 93.5 Å². The third kappa shape index (κ3) is 5.43. The average molecular weight is 469 g/mol. The Kier molecular flexibility index (Phi) is 7.10. The van der Waals surface area contributed by atoms with Gasteiger partial charge in [-0.2, -0.15) is 4.31 Å². The van der Waals surface area contributed by atoms with Gasteiger partial charge < -0.3 is 14.6 Å². The second kappa shape index (κ2) is 10.2. The van der Waals surface area contributed by atoms with Crippen LogP contribution in [0, 0.1) is 0 Å². The van der Waals surface area contributed by atoms with E-state index >= 15 is 0 Å². The van der Waals surface area contributed by atoms with Crippen LogP contribution in [0.15, 0.2) is 66.1 Å². The highest BCUT2D eigenvalue weighted by molar-refractivity contribution is 7.89. The number of amides is 1. The molecule has 1 aromatic heterocycles. The molecule has 1 aliphatic rings. The van der Waals surface area contributed by atoms with Gasteiger partial charge >= 0.3 is 0 Å². The molecular weight excluding hydrogens is 440 g/mol. The van der Waals surface area contributed by atoms with Gasteiger partial charge in [0.25, 0.3) is 5.91 Å². The zero-order chi connectivity index (χ0) is 23.3. The molecule has 0 saturated carbocycles. The maximum atomic E-state index is 13.4. The molecule has 1 fully saturated rings. The van der Waals surface area contributed by atoms with Crippen LogP contribution in [0.25, 0.3) is 0 Å². The number of hydrogen-bond donors (Lipinski definition) is 1. The molecule has 1 N–H and O–H groups in total. The molecule has 2 heterocycles. The largest absolute Gasteiger partial charge is 0.495 e. The summed E-state index contributed by atoms with van der Waals surface area (Å²) in [6.07, 6.45) is 9.02. The molecule has 2 aromatic carbocycles. The van der Waals surface area contributed by atoms with Gasteiger partial charge in [-0.25, -0.2) is 13.4 Å². The molecule has 33 heavy (non-hydrogen) atoms. The summed E-state index contributed by atoms with van der Waals surface area (Å²) in [4.78, 5) is 17.0. The Morgan fingerprint density at radius 3 is 2.58 bits per heavy atom. The molecule has 9 heteroatoms. The first kappa shape index (κ1) is 23.0. The van der Waals surface area contributed by atoms with E-state index in [0.29, 0.717) is 25.3 Å². The molecule has 0 aliphatic carbocycles. The van der Waals surface area contributed by atoms with Gasteiger partial charge in [0, 0.05) is 43.3 Å². The third-order valence-electron chi connectivity index (χ3n) is 5.72. The van der Waals surface area contributed by atoms with Crippen LogP contribution in [-0.4, -0.2) is 48.4 Å². The number of benzene rings is 2. The number of rotatable bonds is 7. The van der Waals surface area contributed by atoms with Crippen LogP contribution >= 0.6 is 0 Å². The second-order valence-electron chi connectivity index (χ2n) is 8.07. The Bertz CT molecular complexity index is 1200. The standard InChI is InChI=1S/C24H28N4O4S/c1-32-22-10-9-20(16-23(22)33(30,31)28-12-4-2-3-5-13-28)24(29)26-21-8-6-7-19(15-21)17-27-14-11-25-18-27/h6-11,14-16,18H,2-5,12-13,17H2,1H3,(H,26,29). The van der Waals surface area contributed by atoms with Crippen LogP contribution in [0.3, 0.4) is 0 Å². The average Bonchev–Trinajstić information content (AvgIpc) is 3.16. The van der Waals surface area contributed by atoms with E-state index in [1.54, 1.807) is 24.7 Å². The normalized spacial score (nSPS) is 15.1. The van der Waals surface area contributed by atoms with Crippen molar-refractivity contribution in [2.45, 2.75) is 37.1 Å². The fourth-order valence-electron chi connectivity index (χ4n) is 3.98. The second-order valence-corrected chi connectivity index (χ2v) is 9.98. The van der Waals surface area contributed by atoms with Crippen LogP contribution in [-0.2, 0) is 16.6 Å². The number of sulfonamides is 1. The minimum absolute atomic E-state index is 0.0217. The maximum absolute atomic E-state index is 13.4. The lowest BCUT2D eigenvalue weighted by Crippen LogP contribution is -2.32. The molecule has 1 amide bonds. The highest BCUT2D eigenvalue weighted by Crippen LogP contribution is 2.29. The van der Waals surface area contributed by atoms with E-state index in [4.69, 9.17) is 4.74 Å². The van der Waals surface area contributed by atoms with E-state index in [1.807, 2.05) is 29.0 Å². The number of nitrogens with one attached hydrogen (secondary N) is 1. The van der Waals surface area contributed by atoms with Crippen molar-refractivity contribution in [2.75, 3.05) is 25.5 Å². The fourth-order valence-corrected chi connectivity index (χ4v) is 5.68. The van der Waals surface area contributed by atoms with Crippen LogP contribution < -0.4 is 10.1 Å². The number of nitrogens with zero attached hydrogens (tertiary/aromatic N) is 3. The number of methoxy groups -OCH3 is 1. The van der Waals surface area contributed by atoms with E-state index in [2.05, 4.69) is 10.3 Å². The van der Waals surface area contributed by atoms with Gasteiger partial charge in [-0.3, -0.25) is 4.79 Å². The summed E-state index contributed by atoms with van der Waals surface area (Å²) < 4.78 is 35.5. The van der Waals surface area contributed by atoms with Crippen molar-refractivity contribution in [1.82, 2.24) is 13.9 Å². The molecular formula is C24H28N4O4S. The number of ether oxygens (including phenoxy) is 1. The smallest absolute Gasteiger partial charge is 0.255 e. The van der Waals surface area contributed by atoms with Crippen LogP contribution in [0.1, 0.15) is 41.6 Å². The molecule has 0 spiro atoms. The monoisotopic (exact) mass is 468 g/mol. The highest BCUT2D eigenvalue weighted by Gasteiger charge is 2.29. The van der Waals surface area contributed by atoms with Gasteiger partial charge in [-0.1, -0.05) is 25.0 Å². The Labute approximate surface area is 194 Å². The maximum Gasteiger partial charge on any atom is 0.255 e. The first-order chi connectivity index (χ1) is 16.0. The number of carbonyl (C=O) groups excluding carboxylic acids is 1. The van der Waals surface area contributed by atoms with E-state index in [0.717, 1.165) is 31.2 Å². The summed E-state index contributed by atoms with van der Waals surface area (Å²) in [5, 5.41) is 2.87. The lowest BCUT2D eigenvalue weighted by molar-refractivity contribution is 0.102. The molecule has 0 radical (unpaired) electrons. The lowest BCUT2D eigenvalue weighted by atomic mass is 10.1. The highest BCUT2D eigenvalue weighted by atomic mass is 32.2. The van der Waals surface area contributed by atoms with Crippen molar-refractivity contribution in [2.24, 2.45) is 0 Å². The fraction of sp³-hybridized carbons (Fsp3) is 0.333. The summed E-state index contributed by atoms with van der Waals surface area (Å²) >= 11 is 0. The summed E-state index contributed by atoms with van der Waals surface area (Å²) in [6, 6.07) is 12.0. The third-order valence-corrected chi connectivity index (χ3v) is 7.64. The minimum atomic E-state index is -3.77. The molecule has 0 bridgehead atoms. The SMILES string of the molecule is COc1ccc(C(=O)Nc2cccc(Cn3ccnc3)c2)cc1S(=O)(=O)N1CCCCCC1. The Balaban J connectivity index is 1.56. The van der Waals surface area contributed by atoms with Crippen molar-refractivity contribution < 1.29 is 17.9 Å². The van der Waals surface area contributed by atoms with Gasteiger partial charge in [-0.05, 0) is 48.7 Å². The molecule has 174 valence electrons. The van der Waals surface area contributed by atoms with E-state index in [-0.39, 0.29) is 22.1 Å².